The number of amides is 2. The molecular weight excluding hydrogens is 313 g/mol. The van der Waals surface area contributed by atoms with Gasteiger partial charge in [-0.1, -0.05) is 12.1 Å². The fourth-order valence-corrected chi connectivity index (χ4v) is 2.26. The number of nitrogens with two attached hydrogens (primary N) is 1. The quantitative estimate of drug-likeness (QED) is 0.653. The number of carbonyl (C=O) groups excluding carboxylic acids is 2. The summed E-state index contributed by atoms with van der Waals surface area (Å²) in [6, 6.07) is 3.24. The molecule has 1 heterocycles. The lowest BCUT2D eigenvalue weighted by molar-refractivity contribution is -0.137. The normalized spacial score (nSPS) is 23.1. The van der Waals surface area contributed by atoms with Crippen LogP contribution in [0.5, 0.6) is 0 Å². The molecule has 1 saturated heterocycles. The van der Waals surface area contributed by atoms with E-state index in [1.165, 1.54) is 12.1 Å². The van der Waals surface area contributed by atoms with Gasteiger partial charge in [0.05, 0.1) is 24.1 Å². The van der Waals surface area contributed by atoms with Crippen LogP contribution in [0.15, 0.2) is 24.3 Å². The molecular formula is C14H17F3N4O2. The SMILES string of the molecule is C[C@@H](NC(=O)C1CC(=O)NC(N)N1)c1ccc(C(F)(F)F)cc1. The number of nitrogens with one attached hydrogen (secondary N) is 3. The van der Waals surface area contributed by atoms with Crippen molar-refractivity contribution in [1.82, 2.24) is 16.0 Å². The largest absolute Gasteiger partial charge is 0.416 e. The number of hydrogen-bond acceptors (Lipinski definition) is 4. The van der Waals surface area contributed by atoms with Crippen LogP contribution in [0, 0.1) is 0 Å². The van der Waals surface area contributed by atoms with Crippen molar-refractivity contribution in [2.24, 2.45) is 5.73 Å². The van der Waals surface area contributed by atoms with E-state index in [4.69, 9.17) is 5.73 Å². The molecule has 0 radical (unpaired) electrons. The van der Waals surface area contributed by atoms with Crippen LogP contribution in [0.25, 0.3) is 0 Å². The molecule has 5 N–H and O–H groups in total. The molecule has 1 aliphatic rings. The van der Waals surface area contributed by atoms with Gasteiger partial charge < -0.3 is 10.6 Å². The van der Waals surface area contributed by atoms with E-state index in [0.717, 1.165) is 12.1 Å². The first-order valence-corrected chi connectivity index (χ1v) is 6.95. The van der Waals surface area contributed by atoms with E-state index >= 15 is 0 Å². The lowest BCUT2D eigenvalue weighted by Gasteiger charge is -2.29. The maximum absolute atomic E-state index is 12.5. The Bertz CT molecular complexity index is 589. The van der Waals surface area contributed by atoms with Crippen LogP contribution in [0.4, 0.5) is 13.2 Å². The molecule has 1 aromatic rings. The van der Waals surface area contributed by atoms with Crippen molar-refractivity contribution in [2.75, 3.05) is 0 Å². The van der Waals surface area contributed by atoms with E-state index in [1.807, 2.05) is 0 Å². The minimum Gasteiger partial charge on any atom is -0.348 e. The highest BCUT2D eigenvalue weighted by Gasteiger charge is 2.31. The van der Waals surface area contributed by atoms with Crippen LogP contribution in [-0.4, -0.2) is 24.1 Å². The van der Waals surface area contributed by atoms with Gasteiger partial charge in [0.25, 0.3) is 0 Å². The second-order valence-electron chi connectivity index (χ2n) is 5.32. The summed E-state index contributed by atoms with van der Waals surface area (Å²) in [5.74, 6) is -0.790. The van der Waals surface area contributed by atoms with Gasteiger partial charge >= 0.3 is 6.18 Å². The van der Waals surface area contributed by atoms with Gasteiger partial charge in [-0.2, -0.15) is 13.2 Å². The van der Waals surface area contributed by atoms with Gasteiger partial charge in [0.1, 0.15) is 6.29 Å². The zero-order valence-electron chi connectivity index (χ0n) is 12.3. The maximum Gasteiger partial charge on any atom is 0.416 e. The molecule has 3 atom stereocenters. The molecule has 0 aromatic heterocycles. The standard InChI is InChI=1S/C14H17F3N4O2/c1-7(8-2-4-9(5-3-8)14(15,16)17)19-12(23)10-6-11(22)21-13(18)20-10/h2-5,7,10,13,20H,6,18H2,1H3,(H,19,23)(H,21,22)/t7-,10?,13?/m1/s1. The van der Waals surface area contributed by atoms with E-state index in [9.17, 15) is 22.8 Å². The Morgan fingerprint density at radius 3 is 2.48 bits per heavy atom. The number of hydrogen-bond donors (Lipinski definition) is 4. The Kier molecular flexibility index (Phi) is 4.90. The van der Waals surface area contributed by atoms with Gasteiger partial charge in [-0.3, -0.25) is 20.6 Å². The molecule has 0 aliphatic carbocycles. The van der Waals surface area contributed by atoms with Gasteiger partial charge in [-0.25, -0.2) is 0 Å². The highest BCUT2D eigenvalue weighted by molar-refractivity contribution is 5.89. The van der Waals surface area contributed by atoms with E-state index in [2.05, 4.69) is 16.0 Å². The van der Waals surface area contributed by atoms with Crippen molar-refractivity contribution in [3.63, 3.8) is 0 Å². The lowest BCUT2D eigenvalue weighted by atomic mass is 10.0. The fraction of sp³-hybridized carbons (Fsp3) is 0.429. The van der Waals surface area contributed by atoms with Crippen LogP contribution in [0.1, 0.15) is 30.5 Å². The second-order valence-corrected chi connectivity index (χ2v) is 5.32. The predicted octanol–water partition coefficient (Wildman–Crippen LogP) is 0.603. The Balaban J connectivity index is 1.99. The number of rotatable bonds is 3. The zero-order chi connectivity index (χ0) is 17.2. The summed E-state index contributed by atoms with van der Waals surface area (Å²) in [6.07, 6.45) is -5.27. The van der Waals surface area contributed by atoms with Crippen LogP contribution in [-0.2, 0) is 15.8 Å². The fourth-order valence-electron chi connectivity index (χ4n) is 2.26. The number of benzene rings is 1. The summed E-state index contributed by atoms with van der Waals surface area (Å²) in [7, 11) is 0. The first-order valence-electron chi connectivity index (χ1n) is 6.95. The number of halogens is 3. The Morgan fingerprint density at radius 2 is 1.96 bits per heavy atom. The second kappa shape index (κ2) is 6.55. The minimum atomic E-state index is -4.40. The smallest absolute Gasteiger partial charge is 0.348 e. The summed E-state index contributed by atoms with van der Waals surface area (Å²) in [5, 5.41) is 7.77. The van der Waals surface area contributed by atoms with Gasteiger partial charge in [0.15, 0.2) is 0 Å². The first kappa shape index (κ1) is 17.2. The van der Waals surface area contributed by atoms with Crippen molar-refractivity contribution in [3.8, 4) is 0 Å². The third-order valence-corrected chi connectivity index (χ3v) is 3.50. The van der Waals surface area contributed by atoms with E-state index in [-0.39, 0.29) is 12.3 Å². The molecule has 0 saturated carbocycles. The Hall–Kier alpha value is -2.13. The van der Waals surface area contributed by atoms with Crippen molar-refractivity contribution < 1.29 is 22.8 Å². The third-order valence-electron chi connectivity index (χ3n) is 3.50. The molecule has 6 nitrogen and oxygen atoms in total. The summed E-state index contributed by atoms with van der Waals surface area (Å²) >= 11 is 0. The summed E-state index contributed by atoms with van der Waals surface area (Å²) < 4.78 is 37.6. The van der Waals surface area contributed by atoms with Gasteiger partial charge in [-0.05, 0) is 24.6 Å². The van der Waals surface area contributed by atoms with Crippen molar-refractivity contribution in [3.05, 3.63) is 35.4 Å². The van der Waals surface area contributed by atoms with Gasteiger partial charge in [0, 0.05) is 0 Å². The maximum atomic E-state index is 12.5. The molecule has 2 unspecified atom stereocenters. The highest BCUT2D eigenvalue weighted by atomic mass is 19.4. The lowest BCUT2D eigenvalue weighted by Crippen LogP contribution is -2.64. The first-order chi connectivity index (χ1) is 10.7. The third kappa shape index (κ3) is 4.42. The zero-order valence-corrected chi connectivity index (χ0v) is 12.3. The average Bonchev–Trinajstić information content (AvgIpc) is 2.45. The molecule has 2 rings (SSSR count). The highest BCUT2D eigenvalue weighted by Crippen LogP contribution is 2.29. The Morgan fingerprint density at radius 1 is 1.35 bits per heavy atom. The van der Waals surface area contributed by atoms with Gasteiger partial charge in [-0.15, -0.1) is 0 Å². The van der Waals surface area contributed by atoms with Crippen LogP contribution in [0.3, 0.4) is 0 Å². The number of alkyl halides is 3. The number of carbonyl (C=O) groups is 2. The van der Waals surface area contributed by atoms with E-state index in [1.54, 1.807) is 6.92 Å². The monoisotopic (exact) mass is 330 g/mol. The topological polar surface area (TPSA) is 96.2 Å². The van der Waals surface area contributed by atoms with Crippen molar-refractivity contribution in [1.29, 1.82) is 0 Å². The van der Waals surface area contributed by atoms with E-state index < -0.39 is 36.0 Å². The summed E-state index contributed by atoms with van der Waals surface area (Å²) in [6.45, 7) is 1.64. The van der Waals surface area contributed by atoms with E-state index in [0.29, 0.717) is 5.56 Å². The Labute approximate surface area is 130 Å². The summed E-state index contributed by atoms with van der Waals surface area (Å²) in [4.78, 5) is 23.5. The van der Waals surface area contributed by atoms with Gasteiger partial charge in [0.2, 0.25) is 11.8 Å². The van der Waals surface area contributed by atoms with Crippen LogP contribution in [0.2, 0.25) is 0 Å². The molecule has 126 valence electrons. The minimum absolute atomic E-state index is 0.0563. The molecule has 0 bridgehead atoms. The predicted molar refractivity (Wildman–Crippen MR) is 75.7 cm³/mol. The van der Waals surface area contributed by atoms with Crippen LogP contribution >= 0.6 is 0 Å². The molecule has 1 aromatic carbocycles. The molecule has 9 heteroatoms. The molecule has 0 spiro atoms. The average molecular weight is 330 g/mol. The molecule has 2 amide bonds. The summed E-state index contributed by atoms with van der Waals surface area (Å²) in [5.41, 5.74) is 5.29. The van der Waals surface area contributed by atoms with Crippen LogP contribution < -0.4 is 21.7 Å². The van der Waals surface area contributed by atoms with Crippen molar-refractivity contribution in [2.45, 2.75) is 37.9 Å². The van der Waals surface area contributed by atoms with Crippen molar-refractivity contribution >= 4 is 11.8 Å². The molecule has 1 aliphatic heterocycles. The molecule has 1 fully saturated rings. The molecule has 23 heavy (non-hydrogen) atoms.